The summed E-state index contributed by atoms with van der Waals surface area (Å²) in [6.07, 6.45) is 4.99. The molecule has 3 aliphatic heterocycles. The standard InChI is InChI=1S/C25H40N2O6/c1-7-10-16(5)26(13-8-2)22(30)20-25-12-11-24(6,33-25)19(23(31)32)18(25)21(29)27(20)17(14-28)15(4)9-3/h8,15-20,28H,2,7,9-14H2,1,3-6H3,(H,31,32)/t15-,16?,17-,18-,19+,20?,24-,25?/m0/s1. The second-order valence-electron chi connectivity index (χ2n) is 10.4. The maximum Gasteiger partial charge on any atom is 0.310 e. The van der Waals surface area contributed by atoms with Gasteiger partial charge < -0.3 is 24.7 Å². The molecule has 3 rings (SSSR count). The highest BCUT2D eigenvalue weighted by molar-refractivity contribution is 5.98. The molecule has 3 saturated heterocycles. The number of likely N-dealkylation sites (tertiary alicyclic amines) is 1. The SMILES string of the molecule is C=CCN(C(=O)C1N([C@@H](CO)[C@@H](C)CC)C(=O)[C@@H]2[C@H](C(=O)O)[C@]3(C)CCC12O3)C(C)CCC. The van der Waals surface area contributed by atoms with Gasteiger partial charge in [-0.05, 0) is 39.0 Å². The van der Waals surface area contributed by atoms with Crippen LogP contribution in [-0.4, -0.2) is 80.3 Å². The van der Waals surface area contributed by atoms with Crippen LogP contribution in [0.4, 0.5) is 0 Å². The molecular weight excluding hydrogens is 424 g/mol. The lowest BCUT2D eigenvalue weighted by molar-refractivity contribution is -0.160. The monoisotopic (exact) mass is 464 g/mol. The minimum Gasteiger partial charge on any atom is -0.481 e. The number of aliphatic carboxylic acids is 1. The molecule has 3 fully saturated rings. The maximum atomic E-state index is 14.2. The number of ether oxygens (including phenoxy) is 1. The first-order valence-corrected chi connectivity index (χ1v) is 12.3. The van der Waals surface area contributed by atoms with Gasteiger partial charge in [-0.15, -0.1) is 6.58 Å². The molecule has 0 aliphatic carbocycles. The van der Waals surface area contributed by atoms with Crippen molar-refractivity contribution in [3.63, 3.8) is 0 Å². The van der Waals surface area contributed by atoms with Gasteiger partial charge in [0.2, 0.25) is 11.8 Å². The van der Waals surface area contributed by atoms with Gasteiger partial charge in [0.05, 0.1) is 30.1 Å². The van der Waals surface area contributed by atoms with E-state index in [0.717, 1.165) is 12.8 Å². The van der Waals surface area contributed by atoms with E-state index in [9.17, 15) is 24.6 Å². The fraction of sp³-hybridized carbons (Fsp3) is 0.800. The van der Waals surface area contributed by atoms with Gasteiger partial charge in [0.1, 0.15) is 11.6 Å². The summed E-state index contributed by atoms with van der Waals surface area (Å²) < 4.78 is 6.46. The van der Waals surface area contributed by atoms with E-state index in [1.54, 1.807) is 17.9 Å². The van der Waals surface area contributed by atoms with E-state index in [1.165, 1.54) is 4.90 Å². The zero-order valence-corrected chi connectivity index (χ0v) is 20.6. The first kappa shape index (κ1) is 25.7. The molecule has 0 aromatic carbocycles. The Balaban J connectivity index is 2.16. The third kappa shape index (κ3) is 3.79. The highest BCUT2D eigenvalue weighted by atomic mass is 16.5. The lowest BCUT2D eigenvalue weighted by Gasteiger charge is -2.42. The van der Waals surface area contributed by atoms with Crippen LogP contribution in [0.5, 0.6) is 0 Å². The minimum atomic E-state index is -1.20. The van der Waals surface area contributed by atoms with Crippen molar-refractivity contribution in [2.45, 2.75) is 96.1 Å². The zero-order chi connectivity index (χ0) is 24.7. The van der Waals surface area contributed by atoms with E-state index in [4.69, 9.17) is 4.74 Å². The molecule has 3 unspecified atom stereocenters. The van der Waals surface area contributed by atoms with Crippen LogP contribution in [-0.2, 0) is 19.1 Å². The lowest BCUT2D eigenvalue weighted by Crippen LogP contribution is -2.61. The summed E-state index contributed by atoms with van der Waals surface area (Å²) in [4.78, 5) is 43.7. The molecule has 0 saturated carbocycles. The number of nitrogens with zero attached hydrogens (tertiary/aromatic N) is 2. The van der Waals surface area contributed by atoms with Crippen molar-refractivity contribution in [1.82, 2.24) is 9.80 Å². The molecule has 8 nitrogen and oxygen atoms in total. The summed E-state index contributed by atoms with van der Waals surface area (Å²) in [7, 11) is 0. The van der Waals surface area contributed by atoms with Crippen molar-refractivity contribution < 1.29 is 29.3 Å². The number of carboxylic acid groups (broad SMARTS) is 1. The summed E-state index contributed by atoms with van der Waals surface area (Å²) in [5.41, 5.74) is -2.18. The highest BCUT2D eigenvalue weighted by Crippen LogP contribution is 2.63. The average Bonchev–Trinajstić information content (AvgIpc) is 3.33. The Hall–Kier alpha value is -1.93. The molecule has 1 spiro atoms. The quantitative estimate of drug-likeness (QED) is 0.455. The molecule has 0 aromatic rings. The van der Waals surface area contributed by atoms with Gasteiger partial charge in [0.25, 0.3) is 0 Å². The molecule has 33 heavy (non-hydrogen) atoms. The van der Waals surface area contributed by atoms with Crippen molar-refractivity contribution in [3.8, 4) is 0 Å². The highest BCUT2D eigenvalue weighted by Gasteiger charge is 2.79. The Morgan fingerprint density at radius 3 is 2.52 bits per heavy atom. The molecule has 2 amide bonds. The normalized spacial score (nSPS) is 35.3. The van der Waals surface area contributed by atoms with Crippen LogP contribution in [0.3, 0.4) is 0 Å². The number of aliphatic hydroxyl groups is 1. The summed E-state index contributed by atoms with van der Waals surface area (Å²) >= 11 is 0. The molecule has 3 aliphatic rings. The summed E-state index contributed by atoms with van der Waals surface area (Å²) in [5, 5.41) is 20.4. The van der Waals surface area contributed by atoms with Crippen LogP contribution in [0, 0.1) is 17.8 Å². The van der Waals surface area contributed by atoms with Gasteiger partial charge in [-0.3, -0.25) is 14.4 Å². The van der Waals surface area contributed by atoms with Crippen molar-refractivity contribution in [2.75, 3.05) is 13.2 Å². The minimum absolute atomic E-state index is 0.0681. The smallest absolute Gasteiger partial charge is 0.310 e. The molecule has 8 atom stereocenters. The molecule has 3 heterocycles. The van der Waals surface area contributed by atoms with Crippen molar-refractivity contribution in [2.24, 2.45) is 17.8 Å². The van der Waals surface area contributed by atoms with Gasteiger partial charge in [-0.2, -0.15) is 0 Å². The van der Waals surface area contributed by atoms with Crippen LogP contribution >= 0.6 is 0 Å². The summed E-state index contributed by atoms with van der Waals surface area (Å²) in [5.74, 6) is -3.73. The first-order valence-electron chi connectivity index (χ1n) is 12.3. The number of carboxylic acids is 1. The van der Waals surface area contributed by atoms with E-state index in [0.29, 0.717) is 25.8 Å². The van der Waals surface area contributed by atoms with E-state index in [-0.39, 0.29) is 30.4 Å². The van der Waals surface area contributed by atoms with E-state index >= 15 is 0 Å². The molecule has 0 radical (unpaired) electrons. The average molecular weight is 465 g/mol. The third-order valence-electron chi connectivity index (χ3n) is 8.41. The predicted molar refractivity (Wildman–Crippen MR) is 123 cm³/mol. The second-order valence-corrected chi connectivity index (χ2v) is 10.4. The van der Waals surface area contributed by atoms with Crippen molar-refractivity contribution in [3.05, 3.63) is 12.7 Å². The van der Waals surface area contributed by atoms with Gasteiger partial charge in [0, 0.05) is 12.6 Å². The number of carbonyl (C=O) groups excluding carboxylic acids is 2. The molecule has 186 valence electrons. The number of fused-ring (bicyclic) bond motifs is 1. The largest absolute Gasteiger partial charge is 0.481 e. The van der Waals surface area contributed by atoms with Crippen molar-refractivity contribution in [1.29, 1.82) is 0 Å². The molecule has 2 N–H and O–H groups in total. The van der Waals surface area contributed by atoms with E-state index in [2.05, 4.69) is 13.5 Å². The van der Waals surface area contributed by atoms with E-state index < -0.39 is 41.1 Å². The number of rotatable bonds is 11. The fourth-order valence-electron chi connectivity index (χ4n) is 6.55. The summed E-state index contributed by atoms with van der Waals surface area (Å²) in [6, 6.07) is -1.63. The van der Waals surface area contributed by atoms with Crippen molar-refractivity contribution >= 4 is 17.8 Å². The number of amides is 2. The second kappa shape index (κ2) is 9.37. The van der Waals surface area contributed by atoms with Crippen LogP contribution < -0.4 is 0 Å². The van der Waals surface area contributed by atoms with Gasteiger partial charge in [-0.25, -0.2) is 0 Å². The Kier molecular flexibility index (Phi) is 7.30. The van der Waals surface area contributed by atoms with Crippen LogP contribution in [0.1, 0.15) is 66.7 Å². The summed E-state index contributed by atoms with van der Waals surface area (Å²) in [6.45, 7) is 13.5. The van der Waals surface area contributed by atoms with Gasteiger partial charge in [-0.1, -0.05) is 39.7 Å². The number of carbonyl (C=O) groups is 3. The molecule has 8 heteroatoms. The Labute approximate surface area is 196 Å². The Morgan fingerprint density at radius 2 is 2.00 bits per heavy atom. The first-order chi connectivity index (χ1) is 15.5. The molecule has 0 aromatic heterocycles. The number of hydrogen-bond donors (Lipinski definition) is 2. The van der Waals surface area contributed by atoms with Crippen LogP contribution in [0.25, 0.3) is 0 Å². The van der Waals surface area contributed by atoms with Crippen LogP contribution in [0.2, 0.25) is 0 Å². The maximum absolute atomic E-state index is 14.2. The zero-order valence-electron chi connectivity index (χ0n) is 20.6. The van der Waals surface area contributed by atoms with E-state index in [1.807, 2.05) is 20.8 Å². The van der Waals surface area contributed by atoms with Crippen LogP contribution in [0.15, 0.2) is 12.7 Å². The van der Waals surface area contributed by atoms with Gasteiger partial charge in [0.15, 0.2) is 0 Å². The lowest BCUT2D eigenvalue weighted by atomic mass is 9.66. The third-order valence-corrected chi connectivity index (χ3v) is 8.41. The molecular formula is C25H40N2O6. The van der Waals surface area contributed by atoms with Gasteiger partial charge >= 0.3 is 5.97 Å². The fourth-order valence-corrected chi connectivity index (χ4v) is 6.55. The molecule has 2 bridgehead atoms. The predicted octanol–water partition coefficient (Wildman–Crippen LogP) is 2.45. The topological polar surface area (TPSA) is 107 Å². The number of hydrogen-bond acceptors (Lipinski definition) is 5. The Bertz CT molecular complexity index is 802. The Morgan fingerprint density at radius 1 is 1.33 bits per heavy atom. The number of aliphatic hydroxyl groups excluding tert-OH is 1.